The highest BCUT2D eigenvalue weighted by Gasteiger charge is 2.22. The summed E-state index contributed by atoms with van der Waals surface area (Å²) >= 11 is 0. The minimum atomic E-state index is -2.54. The van der Waals surface area contributed by atoms with Crippen LogP contribution in [0.1, 0.15) is 44.5 Å². The first kappa shape index (κ1) is 18.6. The van der Waals surface area contributed by atoms with Crippen molar-refractivity contribution in [1.82, 2.24) is 4.98 Å². The van der Waals surface area contributed by atoms with Gasteiger partial charge in [-0.1, -0.05) is 6.07 Å². The van der Waals surface area contributed by atoms with E-state index in [0.717, 1.165) is 24.3 Å². The molecule has 1 aliphatic rings. The van der Waals surface area contributed by atoms with Crippen LogP contribution in [0.3, 0.4) is 0 Å². The fourth-order valence-electron chi connectivity index (χ4n) is 3.29. The molecule has 26 heavy (non-hydrogen) atoms. The molecule has 0 saturated carbocycles. The van der Waals surface area contributed by atoms with Gasteiger partial charge in [0.25, 0.3) is 6.43 Å². The SMILES string of the molecule is CC(Nc1ccc(N2C[C@@H](C)O[C@@H](C)C2)cc1)c1ccc(C(F)F)nc1. The third-order valence-electron chi connectivity index (χ3n) is 4.57. The number of halogens is 2. The first-order chi connectivity index (χ1) is 12.4. The predicted octanol–water partition coefficient (Wildman–Crippen LogP) is 4.81. The van der Waals surface area contributed by atoms with Gasteiger partial charge in [0.2, 0.25) is 0 Å². The van der Waals surface area contributed by atoms with Crippen LogP contribution in [-0.4, -0.2) is 30.3 Å². The molecule has 2 heterocycles. The molecule has 6 heteroatoms. The van der Waals surface area contributed by atoms with Gasteiger partial charge in [-0.2, -0.15) is 0 Å². The molecule has 140 valence electrons. The Morgan fingerprint density at radius 3 is 2.27 bits per heavy atom. The van der Waals surface area contributed by atoms with Gasteiger partial charge >= 0.3 is 0 Å². The van der Waals surface area contributed by atoms with Gasteiger partial charge < -0.3 is 15.0 Å². The Kier molecular flexibility index (Phi) is 5.71. The van der Waals surface area contributed by atoms with Crippen molar-refractivity contribution in [2.75, 3.05) is 23.3 Å². The summed E-state index contributed by atoms with van der Waals surface area (Å²) < 4.78 is 31.0. The van der Waals surface area contributed by atoms with E-state index >= 15 is 0 Å². The zero-order valence-corrected chi connectivity index (χ0v) is 15.3. The van der Waals surface area contributed by atoms with Crippen LogP contribution >= 0.6 is 0 Å². The number of ether oxygens (including phenoxy) is 1. The summed E-state index contributed by atoms with van der Waals surface area (Å²) in [7, 11) is 0. The van der Waals surface area contributed by atoms with Crippen molar-refractivity contribution in [3.8, 4) is 0 Å². The molecule has 3 atom stereocenters. The van der Waals surface area contributed by atoms with E-state index in [1.807, 2.05) is 19.1 Å². The van der Waals surface area contributed by atoms with E-state index in [0.29, 0.717) is 0 Å². The van der Waals surface area contributed by atoms with Gasteiger partial charge in [-0.25, -0.2) is 8.78 Å². The van der Waals surface area contributed by atoms with Gasteiger partial charge in [-0.05, 0) is 56.7 Å². The normalized spacial score (nSPS) is 21.7. The number of hydrogen-bond acceptors (Lipinski definition) is 4. The molecule has 3 rings (SSSR count). The Morgan fingerprint density at radius 1 is 1.08 bits per heavy atom. The number of nitrogens with one attached hydrogen (secondary N) is 1. The molecule has 2 aromatic rings. The molecule has 0 bridgehead atoms. The van der Waals surface area contributed by atoms with Crippen LogP contribution < -0.4 is 10.2 Å². The van der Waals surface area contributed by atoms with Crippen LogP contribution in [0, 0.1) is 0 Å². The highest BCUT2D eigenvalue weighted by molar-refractivity contribution is 5.56. The number of pyridine rings is 1. The van der Waals surface area contributed by atoms with Crippen LogP contribution in [-0.2, 0) is 4.74 Å². The van der Waals surface area contributed by atoms with Crippen LogP contribution in [0.25, 0.3) is 0 Å². The fourth-order valence-corrected chi connectivity index (χ4v) is 3.29. The number of rotatable bonds is 5. The average molecular weight is 361 g/mol. The lowest BCUT2D eigenvalue weighted by molar-refractivity contribution is -0.00521. The molecule has 1 saturated heterocycles. The lowest BCUT2D eigenvalue weighted by Gasteiger charge is -2.37. The van der Waals surface area contributed by atoms with Crippen LogP contribution in [0.2, 0.25) is 0 Å². The average Bonchev–Trinajstić information content (AvgIpc) is 2.61. The number of aromatic nitrogens is 1. The van der Waals surface area contributed by atoms with Crippen molar-refractivity contribution in [2.24, 2.45) is 0 Å². The summed E-state index contributed by atoms with van der Waals surface area (Å²) in [6, 6.07) is 11.3. The lowest BCUT2D eigenvalue weighted by Crippen LogP contribution is -2.45. The topological polar surface area (TPSA) is 37.4 Å². The highest BCUT2D eigenvalue weighted by Crippen LogP contribution is 2.25. The van der Waals surface area contributed by atoms with Gasteiger partial charge in [0.1, 0.15) is 5.69 Å². The molecule has 0 spiro atoms. The Hall–Kier alpha value is -2.21. The van der Waals surface area contributed by atoms with E-state index in [1.165, 1.54) is 18.0 Å². The van der Waals surface area contributed by atoms with Gasteiger partial charge in [0.15, 0.2) is 0 Å². The Balaban J connectivity index is 1.63. The quantitative estimate of drug-likeness (QED) is 0.830. The number of alkyl halides is 2. The van der Waals surface area contributed by atoms with Crippen LogP contribution in [0.15, 0.2) is 42.6 Å². The number of hydrogen-bond donors (Lipinski definition) is 1. The lowest BCUT2D eigenvalue weighted by atomic mass is 10.1. The van der Waals surface area contributed by atoms with E-state index in [1.54, 1.807) is 6.07 Å². The zero-order chi connectivity index (χ0) is 18.7. The Morgan fingerprint density at radius 2 is 1.73 bits per heavy atom. The first-order valence-electron chi connectivity index (χ1n) is 8.93. The number of nitrogens with zero attached hydrogens (tertiary/aromatic N) is 2. The summed E-state index contributed by atoms with van der Waals surface area (Å²) in [6.07, 6.45) is -0.588. The third-order valence-corrected chi connectivity index (χ3v) is 4.57. The first-order valence-corrected chi connectivity index (χ1v) is 8.93. The number of morpholine rings is 1. The van der Waals surface area contributed by atoms with Gasteiger partial charge in [0.05, 0.1) is 18.2 Å². The predicted molar refractivity (Wildman–Crippen MR) is 99.9 cm³/mol. The van der Waals surface area contributed by atoms with Gasteiger partial charge in [0, 0.05) is 30.7 Å². The minimum Gasteiger partial charge on any atom is -0.378 e. The summed E-state index contributed by atoms with van der Waals surface area (Å²) in [5.74, 6) is 0. The summed E-state index contributed by atoms with van der Waals surface area (Å²) in [6.45, 7) is 7.94. The van der Waals surface area contributed by atoms with Crippen molar-refractivity contribution >= 4 is 11.4 Å². The van der Waals surface area contributed by atoms with E-state index in [2.05, 4.69) is 41.2 Å². The molecule has 1 N–H and O–H groups in total. The second-order valence-corrected chi connectivity index (χ2v) is 6.89. The van der Waals surface area contributed by atoms with Crippen molar-refractivity contribution in [1.29, 1.82) is 0 Å². The van der Waals surface area contributed by atoms with Crippen molar-refractivity contribution in [2.45, 2.75) is 45.4 Å². The molecule has 0 amide bonds. The van der Waals surface area contributed by atoms with E-state index in [-0.39, 0.29) is 23.9 Å². The molecular weight excluding hydrogens is 336 g/mol. The molecule has 4 nitrogen and oxygen atoms in total. The maximum absolute atomic E-state index is 12.6. The molecule has 1 aromatic heterocycles. The molecule has 1 unspecified atom stereocenters. The van der Waals surface area contributed by atoms with E-state index in [4.69, 9.17) is 4.74 Å². The summed E-state index contributed by atoms with van der Waals surface area (Å²) in [4.78, 5) is 6.15. The molecular formula is C20H25F2N3O. The van der Waals surface area contributed by atoms with E-state index < -0.39 is 6.43 Å². The number of anilines is 2. The Bertz CT molecular complexity index is 696. The standard InChI is InChI=1S/C20H25F2N3O/c1-13-11-25(12-14(2)26-13)18-7-5-17(6-8-18)24-15(3)16-4-9-19(20(21)22)23-10-16/h4-10,13-15,20,24H,11-12H2,1-3H3/t13-,14+,15?. The zero-order valence-electron chi connectivity index (χ0n) is 15.3. The van der Waals surface area contributed by atoms with Gasteiger partial charge in [-0.3, -0.25) is 4.98 Å². The highest BCUT2D eigenvalue weighted by atomic mass is 19.3. The van der Waals surface area contributed by atoms with Gasteiger partial charge in [-0.15, -0.1) is 0 Å². The maximum atomic E-state index is 12.6. The molecule has 1 aromatic carbocycles. The van der Waals surface area contributed by atoms with Crippen LogP contribution in [0.4, 0.5) is 20.2 Å². The molecule has 0 aliphatic carbocycles. The second kappa shape index (κ2) is 7.99. The molecule has 0 radical (unpaired) electrons. The Labute approximate surface area is 153 Å². The molecule has 1 aliphatic heterocycles. The maximum Gasteiger partial charge on any atom is 0.280 e. The second-order valence-electron chi connectivity index (χ2n) is 6.89. The third kappa shape index (κ3) is 4.49. The van der Waals surface area contributed by atoms with Crippen molar-refractivity contribution < 1.29 is 13.5 Å². The fraction of sp³-hybridized carbons (Fsp3) is 0.450. The van der Waals surface area contributed by atoms with E-state index in [9.17, 15) is 8.78 Å². The summed E-state index contributed by atoms with van der Waals surface area (Å²) in [5, 5.41) is 3.38. The number of benzene rings is 1. The minimum absolute atomic E-state index is 0.0245. The smallest absolute Gasteiger partial charge is 0.280 e. The van der Waals surface area contributed by atoms with Crippen molar-refractivity contribution in [3.05, 3.63) is 53.9 Å². The van der Waals surface area contributed by atoms with Crippen molar-refractivity contribution in [3.63, 3.8) is 0 Å². The largest absolute Gasteiger partial charge is 0.378 e. The summed E-state index contributed by atoms with van der Waals surface area (Å²) in [5.41, 5.74) is 2.83. The monoisotopic (exact) mass is 361 g/mol. The molecule has 1 fully saturated rings. The van der Waals surface area contributed by atoms with Crippen LogP contribution in [0.5, 0.6) is 0 Å².